The monoisotopic (exact) mass is 416 g/mol. The van der Waals surface area contributed by atoms with E-state index in [0.717, 1.165) is 44.8 Å². The molecule has 0 bridgehead atoms. The van der Waals surface area contributed by atoms with Crippen molar-refractivity contribution in [3.63, 3.8) is 0 Å². The van der Waals surface area contributed by atoms with Crippen molar-refractivity contribution in [3.05, 3.63) is 71.0 Å². The summed E-state index contributed by atoms with van der Waals surface area (Å²) in [5, 5.41) is 5.76. The highest BCUT2D eigenvalue weighted by Gasteiger charge is 2.19. The maximum absolute atomic E-state index is 12.9. The Labute approximate surface area is 182 Å². The topological polar surface area (TPSA) is 59.7 Å². The van der Waals surface area contributed by atoms with Crippen LogP contribution in [-0.4, -0.2) is 39.6 Å². The van der Waals surface area contributed by atoms with Crippen LogP contribution >= 0.6 is 0 Å². The second kappa shape index (κ2) is 8.38. The Balaban J connectivity index is 1.52. The molecule has 6 nitrogen and oxygen atoms in total. The first kappa shape index (κ1) is 20.8. The van der Waals surface area contributed by atoms with Gasteiger partial charge in [-0.15, -0.1) is 0 Å². The molecule has 160 valence electrons. The van der Waals surface area contributed by atoms with E-state index >= 15 is 0 Å². The number of aromatic nitrogens is 3. The molecule has 0 fully saturated rings. The second-order valence-electron chi connectivity index (χ2n) is 7.97. The molecular weight excluding hydrogens is 388 g/mol. The van der Waals surface area contributed by atoms with Crippen LogP contribution in [0.1, 0.15) is 41.9 Å². The lowest BCUT2D eigenvalue weighted by Crippen LogP contribution is -2.30. The van der Waals surface area contributed by atoms with Gasteiger partial charge in [0.2, 0.25) is 5.91 Å². The molecule has 31 heavy (non-hydrogen) atoms. The van der Waals surface area contributed by atoms with Crippen molar-refractivity contribution in [1.82, 2.24) is 19.5 Å². The molecule has 1 amide bonds. The number of hydrogen-bond donors (Lipinski definition) is 0. The summed E-state index contributed by atoms with van der Waals surface area (Å²) in [6.07, 6.45) is 1.06. The number of aryl methyl sites for hydroxylation is 2. The average molecular weight is 417 g/mol. The van der Waals surface area contributed by atoms with Gasteiger partial charge in [0, 0.05) is 30.2 Å². The molecule has 0 aliphatic carbocycles. The van der Waals surface area contributed by atoms with Crippen LogP contribution in [0.5, 0.6) is 5.75 Å². The SMILES string of the molecule is COc1ccc(C(C)N(C)C(=O)CCc2c(C)nc3c4ccccc4nn3c2C)cc1. The van der Waals surface area contributed by atoms with Crippen molar-refractivity contribution in [2.24, 2.45) is 0 Å². The molecule has 0 N–H and O–H groups in total. The molecule has 0 saturated heterocycles. The van der Waals surface area contributed by atoms with Gasteiger partial charge in [-0.3, -0.25) is 4.79 Å². The van der Waals surface area contributed by atoms with Gasteiger partial charge in [0.1, 0.15) is 5.75 Å². The molecule has 2 aromatic heterocycles. The minimum Gasteiger partial charge on any atom is -0.497 e. The lowest BCUT2D eigenvalue weighted by Gasteiger charge is -2.26. The first-order valence-corrected chi connectivity index (χ1v) is 10.5. The van der Waals surface area contributed by atoms with Gasteiger partial charge in [-0.2, -0.15) is 5.10 Å². The standard InChI is InChI=1S/C25H28N4O2/c1-16-21(18(3)29-25(26-16)22-8-6-7-9-23(22)27-29)14-15-24(30)28(4)17(2)19-10-12-20(31-5)13-11-19/h6-13,17H,14-15H2,1-5H3. The molecule has 0 saturated carbocycles. The second-order valence-corrected chi connectivity index (χ2v) is 7.97. The van der Waals surface area contributed by atoms with E-state index in [1.165, 1.54) is 0 Å². The number of benzene rings is 2. The molecule has 1 unspecified atom stereocenters. The molecule has 4 rings (SSSR count). The van der Waals surface area contributed by atoms with Gasteiger partial charge in [-0.1, -0.05) is 24.3 Å². The van der Waals surface area contributed by atoms with Crippen LogP contribution in [0.3, 0.4) is 0 Å². The first-order chi connectivity index (χ1) is 14.9. The summed E-state index contributed by atoms with van der Waals surface area (Å²) in [7, 11) is 3.51. The number of rotatable bonds is 6. The summed E-state index contributed by atoms with van der Waals surface area (Å²) in [5.41, 5.74) is 5.95. The Bertz CT molecular complexity index is 1240. The van der Waals surface area contributed by atoms with Crippen molar-refractivity contribution in [3.8, 4) is 5.75 Å². The van der Waals surface area contributed by atoms with E-state index in [4.69, 9.17) is 14.8 Å². The predicted molar refractivity (Wildman–Crippen MR) is 122 cm³/mol. The number of nitrogens with zero attached hydrogens (tertiary/aromatic N) is 4. The molecular formula is C25H28N4O2. The molecule has 4 aromatic rings. The number of carbonyl (C=O) groups is 1. The van der Waals surface area contributed by atoms with Crippen molar-refractivity contribution >= 4 is 22.5 Å². The van der Waals surface area contributed by atoms with Gasteiger partial charge >= 0.3 is 0 Å². The van der Waals surface area contributed by atoms with E-state index < -0.39 is 0 Å². The van der Waals surface area contributed by atoms with Gasteiger partial charge in [0.15, 0.2) is 5.65 Å². The Morgan fingerprint density at radius 2 is 1.84 bits per heavy atom. The summed E-state index contributed by atoms with van der Waals surface area (Å²) < 4.78 is 7.13. The Morgan fingerprint density at radius 1 is 1.13 bits per heavy atom. The summed E-state index contributed by atoms with van der Waals surface area (Å²) >= 11 is 0. The maximum Gasteiger partial charge on any atom is 0.223 e. The largest absolute Gasteiger partial charge is 0.497 e. The summed E-state index contributed by atoms with van der Waals surface area (Å²) in [5.74, 6) is 0.915. The van der Waals surface area contributed by atoms with Crippen LogP contribution in [0.15, 0.2) is 48.5 Å². The quantitative estimate of drug-likeness (QED) is 0.459. The summed E-state index contributed by atoms with van der Waals surface area (Å²) in [6.45, 7) is 6.11. The molecule has 6 heteroatoms. The molecule has 0 spiro atoms. The van der Waals surface area contributed by atoms with E-state index in [9.17, 15) is 4.79 Å². The fourth-order valence-corrected chi connectivity index (χ4v) is 4.07. The van der Waals surface area contributed by atoms with Crippen LogP contribution in [-0.2, 0) is 11.2 Å². The van der Waals surface area contributed by atoms with Crippen LogP contribution in [0.2, 0.25) is 0 Å². The molecule has 2 aromatic carbocycles. The van der Waals surface area contributed by atoms with Gasteiger partial charge in [0.25, 0.3) is 0 Å². The van der Waals surface area contributed by atoms with E-state index in [-0.39, 0.29) is 11.9 Å². The van der Waals surface area contributed by atoms with Crippen molar-refractivity contribution in [1.29, 1.82) is 0 Å². The van der Waals surface area contributed by atoms with E-state index in [2.05, 4.69) is 6.92 Å². The zero-order valence-electron chi connectivity index (χ0n) is 18.7. The van der Waals surface area contributed by atoms with E-state index in [1.54, 1.807) is 12.0 Å². The highest BCUT2D eigenvalue weighted by atomic mass is 16.5. The average Bonchev–Trinajstić information content (AvgIpc) is 3.16. The van der Waals surface area contributed by atoms with Crippen molar-refractivity contribution in [2.75, 3.05) is 14.2 Å². The normalized spacial score (nSPS) is 12.3. The fourth-order valence-electron chi connectivity index (χ4n) is 4.07. The fraction of sp³-hybridized carbons (Fsp3) is 0.320. The zero-order valence-corrected chi connectivity index (χ0v) is 18.7. The Morgan fingerprint density at radius 3 is 2.55 bits per heavy atom. The Hall–Kier alpha value is -3.41. The number of amides is 1. The highest BCUT2D eigenvalue weighted by Crippen LogP contribution is 2.25. The molecule has 2 heterocycles. The van der Waals surface area contributed by atoms with E-state index in [0.29, 0.717) is 12.8 Å². The molecule has 0 aliphatic rings. The molecule has 0 radical (unpaired) electrons. The van der Waals surface area contributed by atoms with Gasteiger partial charge in [-0.25, -0.2) is 9.50 Å². The number of fused-ring (bicyclic) bond motifs is 3. The minimum absolute atomic E-state index is 0.0161. The Kier molecular flexibility index (Phi) is 5.63. The van der Waals surface area contributed by atoms with Gasteiger partial charge in [0.05, 0.1) is 18.7 Å². The number of ether oxygens (including phenoxy) is 1. The lowest BCUT2D eigenvalue weighted by molar-refractivity contribution is -0.131. The summed E-state index contributed by atoms with van der Waals surface area (Å²) in [6, 6.07) is 15.9. The van der Waals surface area contributed by atoms with Crippen LogP contribution in [0, 0.1) is 13.8 Å². The van der Waals surface area contributed by atoms with Gasteiger partial charge < -0.3 is 9.64 Å². The predicted octanol–water partition coefficient (Wildman–Crippen LogP) is 4.66. The number of methoxy groups -OCH3 is 1. The third-order valence-electron chi connectivity index (χ3n) is 6.18. The number of carbonyl (C=O) groups excluding carboxylic acids is 1. The van der Waals surface area contributed by atoms with Crippen molar-refractivity contribution < 1.29 is 9.53 Å². The van der Waals surface area contributed by atoms with E-state index in [1.807, 2.05) is 73.9 Å². The minimum atomic E-state index is -0.0161. The van der Waals surface area contributed by atoms with Crippen LogP contribution < -0.4 is 4.74 Å². The smallest absolute Gasteiger partial charge is 0.223 e. The van der Waals surface area contributed by atoms with Crippen molar-refractivity contribution in [2.45, 2.75) is 39.7 Å². The maximum atomic E-state index is 12.9. The zero-order chi connectivity index (χ0) is 22.1. The molecule has 1 atom stereocenters. The third-order valence-corrected chi connectivity index (χ3v) is 6.18. The number of hydrogen-bond acceptors (Lipinski definition) is 4. The van der Waals surface area contributed by atoms with Gasteiger partial charge in [-0.05, 0) is 62.6 Å². The first-order valence-electron chi connectivity index (χ1n) is 10.5. The van der Waals surface area contributed by atoms with Crippen LogP contribution in [0.25, 0.3) is 16.6 Å². The third kappa shape index (κ3) is 3.85. The lowest BCUT2D eigenvalue weighted by atomic mass is 10.0. The molecule has 0 aliphatic heterocycles. The highest BCUT2D eigenvalue weighted by molar-refractivity contribution is 5.92. The van der Waals surface area contributed by atoms with Crippen LogP contribution in [0.4, 0.5) is 0 Å². The summed E-state index contributed by atoms with van der Waals surface area (Å²) in [4.78, 5) is 19.6.